The lowest BCUT2D eigenvalue weighted by atomic mass is 10.0. The summed E-state index contributed by atoms with van der Waals surface area (Å²) in [5.41, 5.74) is 3.92. The summed E-state index contributed by atoms with van der Waals surface area (Å²) in [5.74, 6) is 1.33. The molecule has 6 heteroatoms. The van der Waals surface area contributed by atoms with Gasteiger partial charge in [0.05, 0.1) is 0 Å². The average Bonchev–Trinajstić information content (AvgIpc) is 3.46. The van der Waals surface area contributed by atoms with Gasteiger partial charge in [-0.1, -0.05) is 35.9 Å². The van der Waals surface area contributed by atoms with Crippen LogP contribution in [0.2, 0.25) is 5.02 Å². The molecule has 162 valence electrons. The molecular formula is C25H29ClN4O. The van der Waals surface area contributed by atoms with E-state index in [0.717, 1.165) is 72.9 Å². The molecule has 5 rings (SSSR count). The van der Waals surface area contributed by atoms with Gasteiger partial charge in [0.25, 0.3) is 5.91 Å². The van der Waals surface area contributed by atoms with Crippen LogP contribution in [0.5, 0.6) is 0 Å². The van der Waals surface area contributed by atoms with Crippen LogP contribution in [0.3, 0.4) is 0 Å². The van der Waals surface area contributed by atoms with E-state index in [4.69, 9.17) is 11.6 Å². The van der Waals surface area contributed by atoms with Gasteiger partial charge >= 0.3 is 0 Å². The molecule has 0 spiro atoms. The van der Waals surface area contributed by atoms with Crippen molar-refractivity contribution in [3.63, 3.8) is 0 Å². The zero-order valence-electron chi connectivity index (χ0n) is 17.9. The van der Waals surface area contributed by atoms with E-state index in [1.54, 1.807) is 0 Å². The van der Waals surface area contributed by atoms with Gasteiger partial charge in [-0.3, -0.25) is 4.79 Å². The van der Waals surface area contributed by atoms with Gasteiger partial charge in [0.1, 0.15) is 5.69 Å². The maximum absolute atomic E-state index is 13.0. The number of halogens is 1. The summed E-state index contributed by atoms with van der Waals surface area (Å²) in [6.07, 6.45) is 1.10. The molecule has 2 N–H and O–H groups in total. The summed E-state index contributed by atoms with van der Waals surface area (Å²) in [7, 11) is 0. The van der Waals surface area contributed by atoms with Crippen molar-refractivity contribution in [2.24, 2.45) is 11.8 Å². The van der Waals surface area contributed by atoms with E-state index in [2.05, 4.69) is 27.3 Å². The van der Waals surface area contributed by atoms with Gasteiger partial charge in [-0.2, -0.15) is 0 Å². The molecule has 3 aromatic rings. The van der Waals surface area contributed by atoms with Crippen LogP contribution in [0.15, 0.2) is 48.5 Å². The Labute approximate surface area is 188 Å². The highest BCUT2D eigenvalue weighted by molar-refractivity contribution is 6.31. The van der Waals surface area contributed by atoms with E-state index in [1.165, 1.54) is 0 Å². The summed E-state index contributed by atoms with van der Waals surface area (Å²) in [4.78, 5) is 20.9. The van der Waals surface area contributed by atoms with Crippen LogP contribution < -0.4 is 5.32 Å². The molecule has 0 aliphatic carbocycles. The minimum atomic E-state index is 0.137. The molecule has 0 saturated carbocycles. The van der Waals surface area contributed by atoms with Crippen LogP contribution in [0.4, 0.5) is 5.69 Å². The molecule has 0 radical (unpaired) electrons. The fraction of sp³-hybridized carbons (Fsp3) is 0.400. The zero-order valence-corrected chi connectivity index (χ0v) is 18.7. The molecule has 3 heterocycles. The number of fused-ring (bicyclic) bond motifs is 2. The minimum absolute atomic E-state index is 0.137. The number of benzene rings is 2. The summed E-state index contributed by atoms with van der Waals surface area (Å²) in [5, 5.41) is 5.38. The van der Waals surface area contributed by atoms with Crippen molar-refractivity contribution in [1.29, 1.82) is 0 Å². The Bertz CT molecular complexity index is 1050. The number of anilines is 1. The van der Waals surface area contributed by atoms with Crippen LogP contribution in [-0.2, 0) is 0 Å². The largest absolute Gasteiger partial charge is 0.385 e. The van der Waals surface area contributed by atoms with E-state index in [0.29, 0.717) is 17.5 Å². The van der Waals surface area contributed by atoms with Crippen molar-refractivity contribution in [2.75, 3.05) is 44.6 Å². The molecule has 1 amide bonds. The first-order chi connectivity index (χ1) is 15.1. The van der Waals surface area contributed by atoms with Crippen molar-refractivity contribution >= 4 is 34.1 Å². The van der Waals surface area contributed by atoms with E-state index in [-0.39, 0.29) is 5.91 Å². The van der Waals surface area contributed by atoms with Crippen LogP contribution in [0.25, 0.3) is 10.9 Å². The number of rotatable bonds is 6. The van der Waals surface area contributed by atoms with E-state index >= 15 is 0 Å². The number of aryl methyl sites for hydroxylation is 1. The van der Waals surface area contributed by atoms with Crippen LogP contribution in [0.1, 0.15) is 22.5 Å². The number of nitrogens with zero attached hydrogens (tertiary/aromatic N) is 2. The van der Waals surface area contributed by atoms with Gasteiger partial charge < -0.3 is 20.1 Å². The van der Waals surface area contributed by atoms with Gasteiger partial charge in [0.2, 0.25) is 0 Å². The van der Waals surface area contributed by atoms with Gasteiger partial charge in [-0.15, -0.1) is 0 Å². The number of hydrogen-bond donors (Lipinski definition) is 2. The highest BCUT2D eigenvalue weighted by Gasteiger charge is 2.41. The zero-order chi connectivity index (χ0) is 21.4. The number of hydrogen-bond acceptors (Lipinski definition) is 3. The molecule has 5 nitrogen and oxygen atoms in total. The molecule has 2 saturated heterocycles. The van der Waals surface area contributed by atoms with Crippen LogP contribution in [-0.4, -0.2) is 60.0 Å². The third kappa shape index (κ3) is 4.30. The lowest BCUT2D eigenvalue weighted by Crippen LogP contribution is -2.34. The number of aromatic amines is 1. The SMILES string of the molecule is Cc1ccc(NCCCN2CC3CN(C(=O)c4cc5ccccc5[nH]4)CC3C2)cc1Cl. The number of carbonyl (C=O) groups is 1. The van der Waals surface area contributed by atoms with Gasteiger partial charge in [-0.25, -0.2) is 0 Å². The molecule has 1 aromatic heterocycles. The number of amides is 1. The third-order valence-electron chi connectivity index (χ3n) is 6.76. The average molecular weight is 437 g/mol. The Morgan fingerprint density at radius 1 is 1.10 bits per heavy atom. The summed E-state index contributed by atoms with van der Waals surface area (Å²) in [6, 6.07) is 16.2. The standard InChI is InChI=1S/C25H29ClN4O/c1-17-7-8-21(12-22(17)26)27-9-4-10-29-13-19-15-30(16-20(19)14-29)25(31)24-11-18-5-2-3-6-23(18)28-24/h2-3,5-8,11-12,19-20,27-28H,4,9-10,13-16H2,1H3. The summed E-state index contributed by atoms with van der Waals surface area (Å²) < 4.78 is 0. The topological polar surface area (TPSA) is 51.4 Å². The Morgan fingerprint density at radius 3 is 2.61 bits per heavy atom. The molecule has 2 unspecified atom stereocenters. The maximum Gasteiger partial charge on any atom is 0.270 e. The van der Waals surface area contributed by atoms with Gasteiger partial charge in [0, 0.05) is 54.3 Å². The fourth-order valence-electron chi connectivity index (χ4n) is 5.04. The Morgan fingerprint density at radius 2 is 1.87 bits per heavy atom. The fourth-order valence-corrected chi connectivity index (χ4v) is 5.22. The molecule has 2 aromatic carbocycles. The Kier molecular flexibility index (Phi) is 5.63. The second-order valence-corrected chi connectivity index (χ2v) is 9.41. The number of H-pyrrole nitrogens is 1. The van der Waals surface area contributed by atoms with Crippen molar-refractivity contribution in [2.45, 2.75) is 13.3 Å². The first-order valence-corrected chi connectivity index (χ1v) is 11.5. The number of likely N-dealkylation sites (tertiary alicyclic amines) is 2. The number of aromatic nitrogens is 1. The van der Waals surface area contributed by atoms with E-state index in [1.807, 2.05) is 48.2 Å². The monoisotopic (exact) mass is 436 g/mol. The molecule has 2 aliphatic rings. The number of carbonyl (C=O) groups excluding carboxylic acids is 1. The van der Waals surface area contributed by atoms with Gasteiger partial charge in [0.15, 0.2) is 0 Å². The lowest BCUT2D eigenvalue weighted by Gasteiger charge is -2.21. The number of nitrogens with one attached hydrogen (secondary N) is 2. The minimum Gasteiger partial charge on any atom is -0.385 e. The first-order valence-electron chi connectivity index (χ1n) is 11.2. The molecular weight excluding hydrogens is 408 g/mol. The highest BCUT2D eigenvalue weighted by Crippen LogP contribution is 2.32. The lowest BCUT2D eigenvalue weighted by molar-refractivity contribution is 0.0769. The van der Waals surface area contributed by atoms with Crippen LogP contribution in [0, 0.1) is 18.8 Å². The van der Waals surface area contributed by atoms with Gasteiger partial charge in [-0.05, 0) is 61.6 Å². The predicted molar refractivity (Wildman–Crippen MR) is 127 cm³/mol. The van der Waals surface area contributed by atoms with Crippen molar-refractivity contribution in [3.8, 4) is 0 Å². The Balaban J connectivity index is 1.08. The first kappa shape index (κ1) is 20.4. The normalized spacial score (nSPS) is 21.0. The Hall–Kier alpha value is -2.50. The molecule has 31 heavy (non-hydrogen) atoms. The van der Waals surface area contributed by atoms with E-state index in [9.17, 15) is 4.79 Å². The van der Waals surface area contributed by atoms with Crippen molar-refractivity contribution < 1.29 is 4.79 Å². The summed E-state index contributed by atoms with van der Waals surface area (Å²) in [6.45, 7) is 7.98. The van der Waals surface area contributed by atoms with Crippen molar-refractivity contribution in [1.82, 2.24) is 14.8 Å². The maximum atomic E-state index is 13.0. The highest BCUT2D eigenvalue weighted by atomic mass is 35.5. The second-order valence-electron chi connectivity index (χ2n) is 9.00. The molecule has 0 bridgehead atoms. The quantitative estimate of drug-likeness (QED) is 0.553. The number of para-hydroxylation sites is 1. The second kappa shape index (κ2) is 8.56. The smallest absolute Gasteiger partial charge is 0.270 e. The molecule has 2 aliphatic heterocycles. The van der Waals surface area contributed by atoms with Crippen molar-refractivity contribution in [3.05, 3.63) is 64.8 Å². The van der Waals surface area contributed by atoms with E-state index < -0.39 is 0 Å². The third-order valence-corrected chi connectivity index (χ3v) is 7.17. The predicted octanol–water partition coefficient (Wildman–Crippen LogP) is 4.64. The van der Waals surface area contributed by atoms with Crippen LogP contribution >= 0.6 is 11.6 Å². The molecule has 2 fully saturated rings. The molecule has 2 atom stereocenters. The summed E-state index contributed by atoms with van der Waals surface area (Å²) >= 11 is 6.20.